The SMILES string of the molecule is CCOCC[N+](C)(C)C.O=S(=O)([O-])C(F)(F)F. The van der Waals surface area contributed by atoms with Crippen molar-refractivity contribution in [1.29, 1.82) is 0 Å². The lowest BCUT2D eigenvalue weighted by molar-refractivity contribution is -0.870. The Morgan fingerprint density at radius 1 is 1.24 bits per heavy atom. The van der Waals surface area contributed by atoms with Crippen molar-refractivity contribution in [2.75, 3.05) is 40.9 Å². The highest BCUT2D eigenvalue weighted by molar-refractivity contribution is 7.86. The molecule has 0 atom stereocenters. The first-order chi connectivity index (χ1) is 7.31. The quantitative estimate of drug-likeness (QED) is 0.330. The van der Waals surface area contributed by atoms with Gasteiger partial charge in [-0.25, -0.2) is 8.42 Å². The van der Waals surface area contributed by atoms with Gasteiger partial charge in [0.25, 0.3) is 0 Å². The summed E-state index contributed by atoms with van der Waals surface area (Å²) in [4.78, 5) is 0. The molecule has 0 aliphatic rings. The maximum absolute atomic E-state index is 10.7. The third-order valence-corrected chi connectivity index (χ3v) is 1.96. The number of hydrogen-bond acceptors (Lipinski definition) is 4. The van der Waals surface area contributed by atoms with E-state index in [1.807, 2.05) is 6.92 Å². The monoisotopic (exact) mass is 281 g/mol. The smallest absolute Gasteiger partial charge is 0.485 e. The largest absolute Gasteiger partial charge is 0.741 e. The summed E-state index contributed by atoms with van der Waals surface area (Å²) in [6.45, 7) is 4.82. The molecule has 17 heavy (non-hydrogen) atoms. The van der Waals surface area contributed by atoms with Crippen molar-refractivity contribution in [2.45, 2.75) is 12.4 Å². The molecular weight excluding hydrogens is 263 g/mol. The molecule has 0 saturated carbocycles. The fourth-order valence-corrected chi connectivity index (χ4v) is 0.483. The maximum Gasteiger partial charge on any atom is 0.485 e. The normalized spacial score (nSPS) is 12.9. The molecule has 0 fully saturated rings. The van der Waals surface area contributed by atoms with E-state index < -0.39 is 15.6 Å². The van der Waals surface area contributed by atoms with Crippen molar-refractivity contribution in [1.82, 2.24) is 0 Å². The van der Waals surface area contributed by atoms with Crippen LogP contribution in [0.1, 0.15) is 6.92 Å². The number of quaternary nitrogens is 1. The van der Waals surface area contributed by atoms with E-state index in [0.717, 1.165) is 24.2 Å². The van der Waals surface area contributed by atoms with Crippen LogP contribution in [0.2, 0.25) is 0 Å². The molecule has 5 nitrogen and oxygen atoms in total. The number of halogens is 3. The molecule has 0 saturated heterocycles. The van der Waals surface area contributed by atoms with Crippen molar-refractivity contribution >= 4 is 10.1 Å². The Balaban J connectivity index is 0. The highest BCUT2D eigenvalue weighted by Crippen LogP contribution is 2.20. The molecule has 0 aliphatic carbocycles. The summed E-state index contributed by atoms with van der Waals surface area (Å²) in [6.07, 6.45) is 0. The molecule has 0 aromatic rings. The zero-order chi connectivity index (χ0) is 14.3. The van der Waals surface area contributed by atoms with Crippen LogP contribution in [0.3, 0.4) is 0 Å². The van der Waals surface area contributed by atoms with Crippen LogP contribution in [-0.4, -0.2) is 63.9 Å². The molecule has 9 heteroatoms. The van der Waals surface area contributed by atoms with Crippen molar-refractivity contribution in [3.8, 4) is 0 Å². The number of nitrogens with zero attached hydrogens (tertiary/aromatic N) is 1. The van der Waals surface area contributed by atoms with Gasteiger partial charge in [0.15, 0.2) is 10.1 Å². The fourth-order valence-electron chi connectivity index (χ4n) is 0.483. The average Bonchev–Trinajstić information content (AvgIpc) is 1.99. The Bertz CT molecular complexity index is 295. The van der Waals surface area contributed by atoms with E-state index in [1.165, 1.54) is 0 Å². The molecule has 0 aromatic carbocycles. The van der Waals surface area contributed by atoms with Gasteiger partial charge < -0.3 is 13.8 Å². The Hall–Kier alpha value is -0.380. The van der Waals surface area contributed by atoms with E-state index in [9.17, 15) is 13.2 Å². The van der Waals surface area contributed by atoms with Crippen molar-refractivity contribution in [3.63, 3.8) is 0 Å². The summed E-state index contributed by atoms with van der Waals surface area (Å²) in [6, 6.07) is 0. The van der Waals surface area contributed by atoms with Crippen molar-refractivity contribution in [2.24, 2.45) is 0 Å². The molecule has 0 aromatic heterocycles. The van der Waals surface area contributed by atoms with Crippen molar-refractivity contribution < 1.29 is 35.4 Å². The number of alkyl halides is 3. The van der Waals surface area contributed by atoms with Crippen LogP contribution in [0.25, 0.3) is 0 Å². The van der Waals surface area contributed by atoms with Crippen LogP contribution in [0.5, 0.6) is 0 Å². The van der Waals surface area contributed by atoms with E-state index >= 15 is 0 Å². The molecule has 0 aliphatic heterocycles. The zero-order valence-electron chi connectivity index (χ0n) is 10.2. The maximum atomic E-state index is 10.7. The van der Waals surface area contributed by atoms with E-state index in [-0.39, 0.29) is 0 Å². The van der Waals surface area contributed by atoms with Crippen LogP contribution in [0.4, 0.5) is 13.2 Å². The summed E-state index contributed by atoms with van der Waals surface area (Å²) >= 11 is 0. The van der Waals surface area contributed by atoms with E-state index in [2.05, 4.69) is 21.1 Å². The van der Waals surface area contributed by atoms with Gasteiger partial charge in [0.05, 0.1) is 27.7 Å². The lowest BCUT2D eigenvalue weighted by Gasteiger charge is -2.23. The van der Waals surface area contributed by atoms with Gasteiger partial charge in [-0.3, -0.25) is 0 Å². The van der Waals surface area contributed by atoms with E-state index in [0.29, 0.717) is 0 Å². The number of rotatable bonds is 4. The first-order valence-corrected chi connectivity index (χ1v) is 6.12. The summed E-state index contributed by atoms with van der Waals surface area (Å²) < 4.78 is 65.1. The van der Waals surface area contributed by atoms with Crippen LogP contribution < -0.4 is 0 Å². The zero-order valence-corrected chi connectivity index (χ0v) is 11.1. The third-order valence-electron chi connectivity index (χ3n) is 1.39. The number of ether oxygens (including phenoxy) is 1. The van der Waals surface area contributed by atoms with Crippen LogP contribution >= 0.6 is 0 Å². The van der Waals surface area contributed by atoms with Gasteiger partial charge in [0.2, 0.25) is 0 Å². The minimum Gasteiger partial charge on any atom is -0.741 e. The molecule has 0 bridgehead atoms. The highest BCUT2D eigenvalue weighted by atomic mass is 32.2. The van der Waals surface area contributed by atoms with Gasteiger partial charge in [0.1, 0.15) is 6.54 Å². The molecular formula is C8H18F3NO4S. The van der Waals surface area contributed by atoms with Gasteiger partial charge in [-0.2, -0.15) is 13.2 Å². The first kappa shape index (κ1) is 19.0. The number of likely N-dealkylation sites (N-methyl/N-ethyl adjacent to an activating group) is 1. The summed E-state index contributed by atoms with van der Waals surface area (Å²) in [5, 5.41) is 0. The number of hydrogen-bond donors (Lipinski definition) is 0. The summed E-state index contributed by atoms with van der Waals surface area (Å²) in [5.74, 6) is 0. The van der Waals surface area contributed by atoms with Crippen LogP contribution in [0.15, 0.2) is 0 Å². The summed E-state index contributed by atoms with van der Waals surface area (Å²) in [5.41, 5.74) is -5.65. The Morgan fingerprint density at radius 2 is 1.59 bits per heavy atom. The molecule has 0 rings (SSSR count). The molecule has 0 amide bonds. The molecule has 0 spiro atoms. The predicted octanol–water partition coefficient (Wildman–Crippen LogP) is 0.780. The van der Waals surface area contributed by atoms with Gasteiger partial charge >= 0.3 is 5.51 Å². The van der Waals surface area contributed by atoms with Gasteiger partial charge in [0, 0.05) is 6.61 Å². The molecule has 0 unspecified atom stereocenters. The second-order valence-corrected chi connectivity index (χ2v) is 5.48. The van der Waals surface area contributed by atoms with E-state index in [4.69, 9.17) is 17.7 Å². The predicted molar refractivity (Wildman–Crippen MR) is 55.1 cm³/mol. The first-order valence-electron chi connectivity index (χ1n) is 4.71. The molecule has 106 valence electrons. The highest BCUT2D eigenvalue weighted by Gasteiger charge is 2.36. The second kappa shape index (κ2) is 7.14. The Kier molecular flexibility index (Phi) is 7.97. The Labute approximate surface area is 99.5 Å². The minimum absolute atomic E-state index is 0.833. The standard InChI is InChI=1S/C7H18NO.CHF3O3S/c1-5-9-7-6-8(2,3)4;2-1(3,4)8(5,6)7/h5-7H2,1-4H3;(H,5,6,7)/q+1;/p-1. The lowest BCUT2D eigenvalue weighted by Crippen LogP contribution is -2.37. The molecule has 0 radical (unpaired) electrons. The van der Waals surface area contributed by atoms with Gasteiger partial charge in [-0.1, -0.05) is 0 Å². The second-order valence-electron chi connectivity index (χ2n) is 4.11. The topological polar surface area (TPSA) is 66.4 Å². The summed E-state index contributed by atoms with van der Waals surface area (Å²) in [7, 11) is 0.407. The lowest BCUT2D eigenvalue weighted by atomic mass is 10.5. The van der Waals surface area contributed by atoms with Crippen LogP contribution in [0, 0.1) is 0 Å². The fraction of sp³-hybridized carbons (Fsp3) is 1.00. The molecule has 0 N–H and O–H groups in total. The molecule has 0 heterocycles. The van der Waals surface area contributed by atoms with Gasteiger partial charge in [-0.15, -0.1) is 0 Å². The Morgan fingerprint density at radius 3 is 1.76 bits per heavy atom. The van der Waals surface area contributed by atoms with Crippen molar-refractivity contribution in [3.05, 3.63) is 0 Å². The third kappa shape index (κ3) is 13.6. The average molecular weight is 281 g/mol. The van der Waals surface area contributed by atoms with Crippen LogP contribution in [-0.2, 0) is 14.9 Å². The van der Waals surface area contributed by atoms with E-state index in [1.54, 1.807) is 0 Å². The van der Waals surface area contributed by atoms with Gasteiger partial charge in [-0.05, 0) is 6.92 Å². The minimum atomic E-state index is -6.09.